The van der Waals surface area contributed by atoms with Crippen molar-refractivity contribution in [3.05, 3.63) is 25.3 Å². The number of likely N-dealkylation sites (tertiary alicyclic amines) is 1. The van der Waals surface area contributed by atoms with Crippen molar-refractivity contribution in [3.8, 4) is 0 Å². The first-order chi connectivity index (χ1) is 4.86. The van der Waals surface area contributed by atoms with Crippen molar-refractivity contribution >= 4 is 0 Å². The maximum absolute atomic E-state index is 3.78. The number of nitrogens with zero attached hydrogens (tertiary/aromatic N) is 1. The third-order valence-corrected chi connectivity index (χ3v) is 2.03. The molecule has 0 radical (unpaired) electrons. The maximum Gasteiger partial charge on any atom is 0.0160 e. The zero-order chi connectivity index (χ0) is 7.40. The molecule has 1 nitrogen and oxygen atoms in total. The van der Waals surface area contributed by atoms with Crippen molar-refractivity contribution in [1.29, 1.82) is 0 Å². The summed E-state index contributed by atoms with van der Waals surface area (Å²) in [6, 6.07) is 0. The van der Waals surface area contributed by atoms with E-state index in [9.17, 15) is 0 Å². The van der Waals surface area contributed by atoms with Crippen LogP contribution in [-0.2, 0) is 0 Å². The van der Waals surface area contributed by atoms with Gasteiger partial charge in [0.15, 0.2) is 0 Å². The van der Waals surface area contributed by atoms with Gasteiger partial charge in [0.05, 0.1) is 0 Å². The molecule has 1 unspecified atom stereocenters. The van der Waals surface area contributed by atoms with E-state index in [-0.39, 0.29) is 0 Å². The normalized spacial score (nSPS) is 26.6. The minimum atomic E-state index is 0.722. The first kappa shape index (κ1) is 7.55. The van der Waals surface area contributed by atoms with Gasteiger partial charge >= 0.3 is 0 Å². The molecule has 0 aromatic heterocycles. The van der Waals surface area contributed by atoms with Crippen molar-refractivity contribution in [2.24, 2.45) is 5.92 Å². The fourth-order valence-electron chi connectivity index (χ4n) is 1.40. The van der Waals surface area contributed by atoms with E-state index in [1.165, 1.54) is 19.5 Å². The predicted octanol–water partition coefficient (Wildman–Crippen LogP) is 1.68. The van der Waals surface area contributed by atoms with Crippen molar-refractivity contribution in [2.75, 3.05) is 19.6 Å². The smallest absolute Gasteiger partial charge is 0.0160 e. The lowest BCUT2D eigenvalue weighted by atomic mass is 10.1. The van der Waals surface area contributed by atoms with Crippen molar-refractivity contribution in [1.82, 2.24) is 4.90 Å². The molecule has 1 heterocycles. The Bertz CT molecular complexity index is 129. The highest BCUT2D eigenvalue weighted by atomic mass is 15.1. The number of hydrogen-bond acceptors (Lipinski definition) is 1. The monoisotopic (exact) mass is 137 g/mol. The van der Waals surface area contributed by atoms with Gasteiger partial charge in [-0.25, -0.2) is 0 Å². The number of hydrogen-bond donors (Lipinski definition) is 0. The van der Waals surface area contributed by atoms with E-state index in [4.69, 9.17) is 0 Å². The van der Waals surface area contributed by atoms with Crippen LogP contribution >= 0.6 is 0 Å². The Morgan fingerprint density at radius 3 is 2.80 bits per heavy atom. The molecule has 1 aliphatic rings. The standard InChI is InChI=1S/C9H15N/c1-3-6-10-7-5-9(4-2)8-10/h3-4,9H,1-2,5-8H2. The molecule has 56 valence electrons. The molecule has 1 rings (SSSR count). The third kappa shape index (κ3) is 1.71. The van der Waals surface area contributed by atoms with Crippen LogP contribution in [0.3, 0.4) is 0 Å². The molecule has 0 aromatic carbocycles. The van der Waals surface area contributed by atoms with Crippen LogP contribution in [0.2, 0.25) is 0 Å². The summed E-state index contributed by atoms with van der Waals surface area (Å²) in [7, 11) is 0. The van der Waals surface area contributed by atoms with Gasteiger partial charge < -0.3 is 0 Å². The second-order valence-electron chi connectivity index (χ2n) is 2.83. The third-order valence-electron chi connectivity index (χ3n) is 2.03. The zero-order valence-corrected chi connectivity index (χ0v) is 6.42. The minimum absolute atomic E-state index is 0.722. The summed E-state index contributed by atoms with van der Waals surface area (Å²) in [5, 5.41) is 0. The second kappa shape index (κ2) is 3.57. The van der Waals surface area contributed by atoms with Crippen LogP contribution in [0, 0.1) is 5.92 Å². The van der Waals surface area contributed by atoms with Gasteiger partial charge in [0.25, 0.3) is 0 Å². The molecular weight excluding hydrogens is 122 g/mol. The molecule has 1 saturated heterocycles. The largest absolute Gasteiger partial charge is 0.299 e. The van der Waals surface area contributed by atoms with Gasteiger partial charge in [-0.2, -0.15) is 0 Å². The average molecular weight is 137 g/mol. The van der Waals surface area contributed by atoms with Crippen molar-refractivity contribution in [3.63, 3.8) is 0 Å². The van der Waals surface area contributed by atoms with Crippen LogP contribution in [0.25, 0.3) is 0 Å². The molecule has 0 N–H and O–H groups in total. The van der Waals surface area contributed by atoms with E-state index < -0.39 is 0 Å². The number of rotatable bonds is 3. The highest BCUT2D eigenvalue weighted by Gasteiger charge is 2.17. The Labute approximate surface area is 63.0 Å². The summed E-state index contributed by atoms with van der Waals surface area (Å²) >= 11 is 0. The molecule has 0 aromatic rings. The second-order valence-corrected chi connectivity index (χ2v) is 2.83. The zero-order valence-electron chi connectivity index (χ0n) is 6.42. The highest BCUT2D eigenvalue weighted by Crippen LogP contribution is 2.15. The molecule has 0 bridgehead atoms. The molecular formula is C9H15N. The molecule has 1 fully saturated rings. The van der Waals surface area contributed by atoms with Gasteiger partial charge in [0, 0.05) is 13.1 Å². The van der Waals surface area contributed by atoms with Crippen LogP contribution < -0.4 is 0 Å². The topological polar surface area (TPSA) is 3.24 Å². The molecule has 0 aliphatic carbocycles. The predicted molar refractivity (Wildman–Crippen MR) is 44.9 cm³/mol. The molecule has 1 heteroatoms. The highest BCUT2D eigenvalue weighted by molar-refractivity contribution is 4.89. The Morgan fingerprint density at radius 2 is 2.30 bits per heavy atom. The van der Waals surface area contributed by atoms with Gasteiger partial charge in [0.2, 0.25) is 0 Å². The summed E-state index contributed by atoms with van der Waals surface area (Å²) < 4.78 is 0. The first-order valence-electron chi connectivity index (χ1n) is 3.82. The molecule has 1 aliphatic heterocycles. The van der Waals surface area contributed by atoms with Gasteiger partial charge in [-0.05, 0) is 18.9 Å². The van der Waals surface area contributed by atoms with Crippen molar-refractivity contribution < 1.29 is 0 Å². The molecule has 0 spiro atoms. The lowest BCUT2D eigenvalue weighted by molar-refractivity contribution is 0.369. The summed E-state index contributed by atoms with van der Waals surface area (Å²) in [6.07, 6.45) is 5.30. The first-order valence-corrected chi connectivity index (χ1v) is 3.82. The van der Waals surface area contributed by atoms with E-state index in [1.54, 1.807) is 0 Å². The van der Waals surface area contributed by atoms with Crippen LogP contribution in [-0.4, -0.2) is 24.5 Å². The Kier molecular flexibility index (Phi) is 2.69. The maximum atomic E-state index is 3.78. The van der Waals surface area contributed by atoms with Crippen LogP contribution in [0.5, 0.6) is 0 Å². The van der Waals surface area contributed by atoms with Gasteiger partial charge in [-0.1, -0.05) is 12.2 Å². The lowest BCUT2D eigenvalue weighted by Gasteiger charge is -2.10. The quantitative estimate of drug-likeness (QED) is 0.535. The van der Waals surface area contributed by atoms with E-state index in [0.717, 1.165) is 12.5 Å². The molecule has 1 atom stereocenters. The SMILES string of the molecule is C=CCN1CCC(C=C)C1. The van der Waals surface area contributed by atoms with E-state index >= 15 is 0 Å². The molecule has 0 saturated carbocycles. The van der Waals surface area contributed by atoms with Crippen LogP contribution in [0.1, 0.15) is 6.42 Å². The molecule has 0 amide bonds. The van der Waals surface area contributed by atoms with Crippen LogP contribution in [0.4, 0.5) is 0 Å². The Hall–Kier alpha value is -0.560. The fraction of sp³-hybridized carbons (Fsp3) is 0.556. The van der Waals surface area contributed by atoms with Crippen LogP contribution in [0.15, 0.2) is 25.3 Å². The summed E-state index contributed by atoms with van der Waals surface area (Å²) in [5.41, 5.74) is 0. The van der Waals surface area contributed by atoms with Crippen molar-refractivity contribution in [2.45, 2.75) is 6.42 Å². The van der Waals surface area contributed by atoms with E-state index in [1.807, 2.05) is 6.08 Å². The minimum Gasteiger partial charge on any atom is -0.299 e. The summed E-state index contributed by atoms with van der Waals surface area (Å²) in [5.74, 6) is 0.722. The summed E-state index contributed by atoms with van der Waals surface area (Å²) in [4.78, 5) is 2.40. The molecule has 10 heavy (non-hydrogen) atoms. The van der Waals surface area contributed by atoms with E-state index in [0.29, 0.717) is 0 Å². The lowest BCUT2D eigenvalue weighted by Crippen LogP contribution is -2.19. The average Bonchev–Trinajstić information content (AvgIpc) is 2.37. The van der Waals surface area contributed by atoms with Gasteiger partial charge in [-0.3, -0.25) is 4.90 Å². The fourth-order valence-corrected chi connectivity index (χ4v) is 1.40. The van der Waals surface area contributed by atoms with Gasteiger partial charge in [-0.15, -0.1) is 13.2 Å². The Morgan fingerprint density at radius 1 is 1.50 bits per heavy atom. The Balaban J connectivity index is 2.27. The van der Waals surface area contributed by atoms with E-state index in [2.05, 4.69) is 24.1 Å². The summed E-state index contributed by atoms with van der Waals surface area (Å²) in [6.45, 7) is 10.9. The van der Waals surface area contributed by atoms with Gasteiger partial charge in [0.1, 0.15) is 0 Å².